The zero-order chi connectivity index (χ0) is 19.0. The molecule has 0 radical (unpaired) electrons. The lowest BCUT2D eigenvalue weighted by molar-refractivity contribution is -0.122. The number of anilines is 1. The van der Waals surface area contributed by atoms with E-state index in [0.717, 1.165) is 4.90 Å². The summed E-state index contributed by atoms with van der Waals surface area (Å²) in [6.07, 6.45) is -0.845. The lowest BCUT2D eigenvalue weighted by atomic mass is 10.1. The highest BCUT2D eigenvalue weighted by molar-refractivity contribution is 6.35. The van der Waals surface area contributed by atoms with Crippen LogP contribution in [0.4, 0.5) is 5.69 Å². The number of halogens is 2. The predicted molar refractivity (Wildman–Crippen MR) is 98.0 cm³/mol. The summed E-state index contributed by atoms with van der Waals surface area (Å²) in [5.41, 5.74) is 0.959. The third-order valence-corrected chi connectivity index (χ3v) is 4.45. The van der Waals surface area contributed by atoms with Crippen molar-refractivity contribution in [2.24, 2.45) is 0 Å². The largest absolute Gasteiger partial charge is 0.479 e. The van der Waals surface area contributed by atoms with Gasteiger partial charge in [0, 0.05) is 17.8 Å². The first-order valence-corrected chi connectivity index (χ1v) is 8.42. The molecule has 0 spiro atoms. The van der Waals surface area contributed by atoms with Gasteiger partial charge in [0.25, 0.3) is 17.7 Å². The number of nitrogens with zero attached hydrogens (tertiary/aromatic N) is 1. The van der Waals surface area contributed by atoms with Crippen molar-refractivity contribution in [2.45, 2.75) is 13.0 Å². The van der Waals surface area contributed by atoms with Gasteiger partial charge < -0.3 is 10.1 Å². The smallest absolute Gasteiger partial charge is 0.265 e. The molecule has 0 aliphatic carbocycles. The lowest BCUT2D eigenvalue weighted by Crippen LogP contribution is -2.30. The Morgan fingerprint density at radius 2 is 1.77 bits per heavy atom. The van der Waals surface area contributed by atoms with Crippen LogP contribution in [-0.4, -0.2) is 35.8 Å². The zero-order valence-electron chi connectivity index (χ0n) is 13.9. The van der Waals surface area contributed by atoms with Crippen molar-refractivity contribution in [1.82, 2.24) is 4.90 Å². The first kappa shape index (κ1) is 18.2. The number of rotatable bonds is 4. The number of imide groups is 1. The second kappa shape index (κ2) is 6.97. The van der Waals surface area contributed by atoms with E-state index in [2.05, 4.69) is 5.32 Å². The Balaban J connectivity index is 1.72. The van der Waals surface area contributed by atoms with Crippen LogP contribution in [0, 0.1) is 0 Å². The molecule has 1 aliphatic heterocycles. The van der Waals surface area contributed by atoms with Gasteiger partial charge >= 0.3 is 0 Å². The van der Waals surface area contributed by atoms with Crippen LogP contribution in [0.2, 0.25) is 10.0 Å². The van der Waals surface area contributed by atoms with Crippen molar-refractivity contribution < 1.29 is 19.1 Å². The monoisotopic (exact) mass is 392 g/mol. The van der Waals surface area contributed by atoms with Crippen molar-refractivity contribution in [2.75, 3.05) is 12.4 Å². The molecule has 134 valence electrons. The highest BCUT2D eigenvalue weighted by Crippen LogP contribution is 2.29. The fourth-order valence-electron chi connectivity index (χ4n) is 2.50. The van der Waals surface area contributed by atoms with E-state index in [0.29, 0.717) is 27.0 Å². The van der Waals surface area contributed by atoms with E-state index in [1.165, 1.54) is 25.2 Å². The SMILES string of the molecule is C[C@@H](Oc1ccc(Cl)cc1Cl)C(=O)Nc1ccc2c(c1)C(=O)N(C)C2=O. The van der Waals surface area contributed by atoms with E-state index in [1.807, 2.05) is 0 Å². The van der Waals surface area contributed by atoms with Crippen LogP contribution in [0.1, 0.15) is 27.6 Å². The van der Waals surface area contributed by atoms with Gasteiger partial charge in [-0.05, 0) is 43.3 Å². The molecule has 0 saturated carbocycles. The van der Waals surface area contributed by atoms with Gasteiger partial charge in [0.1, 0.15) is 5.75 Å². The van der Waals surface area contributed by atoms with Crippen molar-refractivity contribution in [3.8, 4) is 5.75 Å². The molecule has 2 aromatic carbocycles. The zero-order valence-corrected chi connectivity index (χ0v) is 15.4. The topological polar surface area (TPSA) is 75.7 Å². The Morgan fingerprint density at radius 3 is 2.46 bits per heavy atom. The van der Waals surface area contributed by atoms with E-state index in [4.69, 9.17) is 27.9 Å². The minimum atomic E-state index is -0.845. The van der Waals surface area contributed by atoms with Crippen LogP contribution in [0.25, 0.3) is 0 Å². The Labute approximate surface area is 159 Å². The summed E-state index contributed by atoms with van der Waals surface area (Å²) in [6.45, 7) is 1.57. The number of nitrogens with one attached hydrogen (secondary N) is 1. The summed E-state index contributed by atoms with van der Waals surface area (Å²) >= 11 is 11.9. The number of hydrogen-bond acceptors (Lipinski definition) is 4. The molecule has 26 heavy (non-hydrogen) atoms. The third kappa shape index (κ3) is 3.38. The highest BCUT2D eigenvalue weighted by Gasteiger charge is 2.32. The molecule has 2 aromatic rings. The maximum Gasteiger partial charge on any atom is 0.265 e. The van der Waals surface area contributed by atoms with Crippen molar-refractivity contribution in [1.29, 1.82) is 0 Å². The molecule has 0 saturated heterocycles. The van der Waals surface area contributed by atoms with Crippen LogP contribution in [0.5, 0.6) is 5.75 Å². The van der Waals surface area contributed by atoms with Gasteiger partial charge in [0.15, 0.2) is 6.10 Å². The first-order chi connectivity index (χ1) is 12.3. The highest BCUT2D eigenvalue weighted by atomic mass is 35.5. The summed E-state index contributed by atoms with van der Waals surface area (Å²) in [5, 5.41) is 3.41. The molecule has 3 amide bonds. The summed E-state index contributed by atoms with van der Waals surface area (Å²) in [6, 6.07) is 9.23. The molecular formula is C18H14Cl2N2O4. The number of ether oxygens (including phenoxy) is 1. The maximum absolute atomic E-state index is 12.3. The minimum absolute atomic E-state index is 0.254. The van der Waals surface area contributed by atoms with Gasteiger partial charge in [0.2, 0.25) is 0 Å². The number of fused-ring (bicyclic) bond motifs is 1. The van der Waals surface area contributed by atoms with Gasteiger partial charge in [0.05, 0.1) is 16.1 Å². The quantitative estimate of drug-likeness (QED) is 0.806. The van der Waals surface area contributed by atoms with Crippen LogP contribution in [0.3, 0.4) is 0 Å². The van der Waals surface area contributed by atoms with E-state index in [1.54, 1.807) is 25.1 Å². The predicted octanol–water partition coefficient (Wildman–Crippen LogP) is 3.63. The Hall–Kier alpha value is -2.57. The lowest BCUT2D eigenvalue weighted by Gasteiger charge is -2.16. The van der Waals surface area contributed by atoms with E-state index >= 15 is 0 Å². The number of benzene rings is 2. The Bertz CT molecular complexity index is 929. The maximum atomic E-state index is 12.3. The van der Waals surface area contributed by atoms with Crippen molar-refractivity contribution in [3.63, 3.8) is 0 Å². The molecule has 1 heterocycles. The third-order valence-electron chi connectivity index (χ3n) is 3.92. The summed E-state index contributed by atoms with van der Waals surface area (Å²) in [7, 11) is 1.41. The fourth-order valence-corrected chi connectivity index (χ4v) is 2.95. The normalized spacial score (nSPS) is 14.2. The summed E-state index contributed by atoms with van der Waals surface area (Å²) < 4.78 is 5.55. The molecule has 1 atom stereocenters. The van der Waals surface area contributed by atoms with Crippen molar-refractivity contribution in [3.05, 3.63) is 57.6 Å². The Kier molecular flexibility index (Phi) is 4.89. The molecule has 6 nitrogen and oxygen atoms in total. The second-order valence-corrected chi connectivity index (χ2v) is 6.60. The van der Waals surface area contributed by atoms with Crippen LogP contribution in [-0.2, 0) is 4.79 Å². The van der Waals surface area contributed by atoms with E-state index < -0.39 is 17.9 Å². The molecule has 0 fully saturated rings. The average molecular weight is 393 g/mol. The van der Waals surface area contributed by atoms with E-state index in [-0.39, 0.29) is 11.5 Å². The van der Waals surface area contributed by atoms with Crippen LogP contribution >= 0.6 is 23.2 Å². The molecule has 0 aromatic heterocycles. The number of carbonyl (C=O) groups excluding carboxylic acids is 3. The standard InChI is InChI=1S/C18H14Cl2N2O4/c1-9(26-15-6-3-10(19)7-14(15)20)16(23)21-11-4-5-12-13(8-11)18(25)22(2)17(12)24/h3-9H,1-2H3,(H,21,23)/t9-/m1/s1. The number of amides is 3. The molecule has 1 aliphatic rings. The van der Waals surface area contributed by atoms with Gasteiger partial charge in [-0.2, -0.15) is 0 Å². The van der Waals surface area contributed by atoms with E-state index in [9.17, 15) is 14.4 Å². The molecule has 0 bridgehead atoms. The van der Waals surface area contributed by atoms with Crippen LogP contribution < -0.4 is 10.1 Å². The fraction of sp³-hybridized carbons (Fsp3) is 0.167. The van der Waals surface area contributed by atoms with Gasteiger partial charge in [-0.1, -0.05) is 23.2 Å². The van der Waals surface area contributed by atoms with Gasteiger partial charge in [-0.25, -0.2) is 0 Å². The number of carbonyl (C=O) groups is 3. The average Bonchev–Trinajstić information content (AvgIpc) is 2.81. The molecular weight excluding hydrogens is 379 g/mol. The van der Waals surface area contributed by atoms with Gasteiger partial charge in [-0.3, -0.25) is 19.3 Å². The molecule has 8 heteroatoms. The summed E-state index contributed by atoms with van der Waals surface area (Å²) in [4.78, 5) is 37.3. The number of hydrogen-bond donors (Lipinski definition) is 1. The van der Waals surface area contributed by atoms with Crippen molar-refractivity contribution >= 4 is 46.6 Å². The van der Waals surface area contributed by atoms with Crippen LogP contribution in [0.15, 0.2) is 36.4 Å². The second-order valence-electron chi connectivity index (χ2n) is 5.75. The molecule has 1 N–H and O–H groups in total. The van der Waals surface area contributed by atoms with Gasteiger partial charge in [-0.15, -0.1) is 0 Å². The molecule has 3 rings (SSSR count). The molecule has 0 unspecified atom stereocenters. The summed E-state index contributed by atoms with van der Waals surface area (Å²) in [5.74, 6) is -0.869. The Morgan fingerprint density at radius 1 is 1.08 bits per heavy atom. The first-order valence-electron chi connectivity index (χ1n) is 7.67. The minimum Gasteiger partial charge on any atom is -0.479 e.